The molecule has 0 aromatic heterocycles. The second kappa shape index (κ2) is 6.60. The van der Waals surface area contributed by atoms with Crippen molar-refractivity contribution in [3.63, 3.8) is 0 Å². The standard InChI is InChI=1S/C15H21N3O2/c1-19-14-7-11-3-5-18(6-4-13(17)9-16)10-12(11)8-15(14)20-2/h7-8,13H,3-6,10,17H2,1-2H3. The SMILES string of the molecule is COc1cc2c(cc1OC)CN(CCC(N)C#N)CC2. The highest BCUT2D eigenvalue weighted by molar-refractivity contribution is 5.48. The summed E-state index contributed by atoms with van der Waals surface area (Å²) in [6.07, 6.45) is 1.69. The molecule has 1 aromatic rings. The molecule has 1 unspecified atom stereocenters. The summed E-state index contributed by atoms with van der Waals surface area (Å²) in [5.74, 6) is 1.55. The summed E-state index contributed by atoms with van der Waals surface area (Å²) in [4.78, 5) is 2.32. The zero-order valence-corrected chi connectivity index (χ0v) is 12.1. The number of ether oxygens (including phenoxy) is 2. The second-order valence-electron chi connectivity index (χ2n) is 5.03. The van der Waals surface area contributed by atoms with Gasteiger partial charge in [0.25, 0.3) is 0 Å². The molecule has 2 rings (SSSR count). The molecule has 0 amide bonds. The summed E-state index contributed by atoms with van der Waals surface area (Å²) >= 11 is 0. The molecule has 5 nitrogen and oxygen atoms in total. The highest BCUT2D eigenvalue weighted by atomic mass is 16.5. The molecule has 1 aliphatic rings. The number of benzene rings is 1. The van der Waals surface area contributed by atoms with Crippen LogP contribution in [0.5, 0.6) is 11.5 Å². The van der Waals surface area contributed by atoms with Crippen LogP contribution in [0.4, 0.5) is 0 Å². The Kier molecular flexibility index (Phi) is 4.83. The normalized spacial score (nSPS) is 16.1. The molecule has 0 aliphatic carbocycles. The fourth-order valence-corrected chi connectivity index (χ4v) is 2.52. The Morgan fingerprint density at radius 2 is 1.95 bits per heavy atom. The first-order valence-electron chi connectivity index (χ1n) is 6.79. The van der Waals surface area contributed by atoms with Crippen molar-refractivity contribution in [2.24, 2.45) is 5.73 Å². The van der Waals surface area contributed by atoms with Gasteiger partial charge in [0.2, 0.25) is 0 Å². The Morgan fingerprint density at radius 1 is 1.30 bits per heavy atom. The molecule has 0 saturated carbocycles. The predicted molar refractivity (Wildman–Crippen MR) is 76.7 cm³/mol. The largest absolute Gasteiger partial charge is 0.493 e. The Hall–Kier alpha value is -1.77. The molecule has 5 heteroatoms. The molecule has 1 aromatic carbocycles. The predicted octanol–water partition coefficient (Wildman–Crippen LogP) is 1.30. The molecule has 20 heavy (non-hydrogen) atoms. The highest BCUT2D eigenvalue weighted by Crippen LogP contribution is 2.33. The van der Waals surface area contributed by atoms with Gasteiger partial charge in [-0.15, -0.1) is 0 Å². The van der Waals surface area contributed by atoms with Gasteiger partial charge in [-0.3, -0.25) is 4.90 Å². The number of nitriles is 1. The fourth-order valence-electron chi connectivity index (χ4n) is 2.52. The van der Waals surface area contributed by atoms with Crippen molar-refractivity contribution in [2.45, 2.75) is 25.4 Å². The van der Waals surface area contributed by atoms with Crippen LogP contribution in [0.2, 0.25) is 0 Å². The van der Waals surface area contributed by atoms with Gasteiger partial charge in [0.05, 0.1) is 26.3 Å². The third-order valence-electron chi connectivity index (χ3n) is 3.72. The Labute approximate surface area is 119 Å². The van der Waals surface area contributed by atoms with Gasteiger partial charge in [-0.1, -0.05) is 0 Å². The second-order valence-corrected chi connectivity index (χ2v) is 5.03. The first-order valence-corrected chi connectivity index (χ1v) is 6.79. The minimum absolute atomic E-state index is 0.373. The highest BCUT2D eigenvalue weighted by Gasteiger charge is 2.19. The molecule has 1 atom stereocenters. The monoisotopic (exact) mass is 275 g/mol. The summed E-state index contributed by atoms with van der Waals surface area (Å²) in [7, 11) is 3.30. The van der Waals surface area contributed by atoms with Crippen LogP contribution < -0.4 is 15.2 Å². The third kappa shape index (κ3) is 3.21. The minimum Gasteiger partial charge on any atom is -0.493 e. The first kappa shape index (κ1) is 14.6. The van der Waals surface area contributed by atoms with Crippen LogP contribution >= 0.6 is 0 Å². The zero-order chi connectivity index (χ0) is 14.5. The fraction of sp³-hybridized carbons (Fsp3) is 0.533. The molecule has 108 valence electrons. The lowest BCUT2D eigenvalue weighted by molar-refractivity contribution is 0.247. The molecule has 0 fully saturated rings. The van der Waals surface area contributed by atoms with Crippen molar-refractivity contribution in [1.82, 2.24) is 4.90 Å². The summed E-state index contributed by atoms with van der Waals surface area (Å²) < 4.78 is 10.7. The number of hydrogen-bond acceptors (Lipinski definition) is 5. The number of fused-ring (bicyclic) bond motifs is 1. The van der Waals surface area contributed by atoms with Crippen LogP contribution in [-0.4, -0.2) is 38.3 Å². The van der Waals surface area contributed by atoms with E-state index in [1.54, 1.807) is 14.2 Å². The minimum atomic E-state index is -0.373. The van der Waals surface area contributed by atoms with Crippen molar-refractivity contribution >= 4 is 0 Å². The lowest BCUT2D eigenvalue weighted by Gasteiger charge is -2.29. The summed E-state index contributed by atoms with van der Waals surface area (Å²) in [6, 6.07) is 5.81. The van der Waals surface area contributed by atoms with E-state index in [1.165, 1.54) is 11.1 Å². The molecule has 2 N–H and O–H groups in total. The Bertz CT molecular complexity index is 511. The van der Waals surface area contributed by atoms with Crippen molar-refractivity contribution in [3.05, 3.63) is 23.3 Å². The maximum atomic E-state index is 8.72. The Balaban J connectivity index is 2.08. The van der Waals surface area contributed by atoms with E-state index in [9.17, 15) is 0 Å². The summed E-state index contributed by atoms with van der Waals surface area (Å²) in [5.41, 5.74) is 8.22. The van der Waals surface area contributed by atoms with E-state index < -0.39 is 0 Å². The third-order valence-corrected chi connectivity index (χ3v) is 3.72. The summed E-state index contributed by atoms with van der Waals surface area (Å²) in [5, 5.41) is 8.72. The van der Waals surface area contributed by atoms with Crippen LogP contribution in [0, 0.1) is 11.3 Å². The van der Waals surface area contributed by atoms with Gasteiger partial charge in [-0.25, -0.2) is 0 Å². The number of nitrogens with two attached hydrogens (primary N) is 1. The van der Waals surface area contributed by atoms with E-state index in [1.807, 2.05) is 6.07 Å². The van der Waals surface area contributed by atoms with E-state index in [4.69, 9.17) is 20.5 Å². The van der Waals surface area contributed by atoms with E-state index in [0.29, 0.717) is 6.42 Å². The van der Waals surface area contributed by atoms with Gasteiger partial charge in [-0.2, -0.15) is 5.26 Å². The van der Waals surface area contributed by atoms with Crippen molar-refractivity contribution in [1.29, 1.82) is 5.26 Å². The maximum absolute atomic E-state index is 8.72. The number of methoxy groups -OCH3 is 2. The number of hydrogen-bond donors (Lipinski definition) is 1. The molecule has 1 heterocycles. The summed E-state index contributed by atoms with van der Waals surface area (Å²) in [6.45, 7) is 2.71. The van der Waals surface area contributed by atoms with E-state index in [-0.39, 0.29) is 6.04 Å². The van der Waals surface area contributed by atoms with Crippen molar-refractivity contribution in [2.75, 3.05) is 27.3 Å². The molecule has 0 saturated heterocycles. The molecule has 1 aliphatic heterocycles. The van der Waals surface area contributed by atoms with Crippen LogP contribution in [0.25, 0.3) is 0 Å². The average molecular weight is 275 g/mol. The maximum Gasteiger partial charge on any atom is 0.161 e. The molecule has 0 spiro atoms. The van der Waals surface area contributed by atoms with Crippen molar-refractivity contribution < 1.29 is 9.47 Å². The smallest absolute Gasteiger partial charge is 0.161 e. The van der Waals surface area contributed by atoms with Crippen molar-refractivity contribution in [3.8, 4) is 17.6 Å². The van der Waals surface area contributed by atoms with Gasteiger partial charge in [0.1, 0.15) is 0 Å². The van der Waals surface area contributed by atoms with Crippen LogP contribution in [0.1, 0.15) is 17.5 Å². The van der Waals surface area contributed by atoms with Crippen LogP contribution in [-0.2, 0) is 13.0 Å². The number of nitrogens with zero attached hydrogens (tertiary/aromatic N) is 2. The Morgan fingerprint density at radius 3 is 2.55 bits per heavy atom. The topological polar surface area (TPSA) is 71.5 Å². The quantitative estimate of drug-likeness (QED) is 0.877. The van der Waals surface area contributed by atoms with E-state index in [0.717, 1.165) is 37.6 Å². The molecular weight excluding hydrogens is 254 g/mol. The van der Waals surface area contributed by atoms with E-state index >= 15 is 0 Å². The van der Waals surface area contributed by atoms with Gasteiger partial charge in [-0.05, 0) is 36.1 Å². The molecule has 0 radical (unpaired) electrons. The average Bonchev–Trinajstić information content (AvgIpc) is 2.50. The van der Waals surface area contributed by atoms with E-state index in [2.05, 4.69) is 17.0 Å². The zero-order valence-electron chi connectivity index (χ0n) is 12.1. The molecule has 0 bridgehead atoms. The van der Waals surface area contributed by atoms with Gasteiger partial charge < -0.3 is 15.2 Å². The van der Waals surface area contributed by atoms with Gasteiger partial charge in [0, 0.05) is 19.6 Å². The van der Waals surface area contributed by atoms with Gasteiger partial charge >= 0.3 is 0 Å². The number of rotatable bonds is 5. The van der Waals surface area contributed by atoms with Crippen LogP contribution in [0.15, 0.2) is 12.1 Å². The van der Waals surface area contributed by atoms with Crippen LogP contribution in [0.3, 0.4) is 0 Å². The first-order chi connectivity index (χ1) is 9.67. The van der Waals surface area contributed by atoms with Gasteiger partial charge in [0.15, 0.2) is 11.5 Å². The lowest BCUT2D eigenvalue weighted by atomic mass is 9.98. The lowest BCUT2D eigenvalue weighted by Crippen LogP contribution is -2.34. The molecular formula is C15H21N3O2.